The number of hydrogen-bond donors (Lipinski definition) is 1. The number of carbonyl (C=O) groups is 2. The molecule has 0 bridgehead atoms. The summed E-state index contributed by atoms with van der Waals surface area (Å²) in [4.78, 5) is 27.2. The number of ether oxygens (including phenoxy) is 6. The third-order valence-corrected chi connectivity index (χ3v) is 10.5. The highest BCUT2D eigenvalue weighted by molar-refractivity contribution is 5.82. The third kappa shape index (κ3) is 9.88. The molecule has 1 aliphatic carbocycles. The number of methoxy groups -OCH3 is 1. The maximum absolute atomic E-state index is 13.9. The first kappa shape index (κ1) is 40.7. The number of carbonyl (C=O) groups excluding carboxylic acids is 2. The largest absolute Gasteiger partial charge is 0.497 e. The average Bonchev–Trinajstić information content (AvgIpc) is 3.70. The lowest BCUT2D eigenvalue weighted by Crippen LogP contribution is -2.46. The first-order valence-electron chi connectivity index (χ1n) is 19.5. The van der Waals surface area contributed by atoms with E-state index in [1.807, 2.05) is 107 Å². The summed E-state index contributed by atoms with van der Waals surface area (Å²) in [5.74, 6) is -0.861. The van der Waals surface area contributed by atoms with Gasteiger partial charge in [-0.15, -0.1) is 6.58 Å². The molecule has 0 aromatic heterocycles. The number of amides is 1. The second-order valence-corrected chi connectivity index (χ2v) is 15.6. The van der Waals surface area contributed by atoms with Gasteiger partial charge in [-0.05, 0) is 77.3 Å². The Labute approximate surface area is 331 Å². The highest BCUT2D eigenvalue weighted by Gasteiger charge is 2.47. The Hall–Kier alpha value is -4.96. The Bertz CT molecular complexity index is 1890. The van der Waals surface area contributed by atoms with Crippen molar-refractivity contribution in [1.82, 2.24) is 5.32 Å². The summed E-state index contributed by atoms with van der Waals surface area (Å²) < 4.78 is 36.2. The highest BCUT2D eigenvalue weighted by Crippen LogP contribution is 2.45. The molecule has 0 saturated carbocycles. The summed E-state index contributed by atoms with van der Waals surface area (Å²) in [7, 11) is 1.65. The van der Waals surface area contributed by atoms with Crippen LogP contribution in [0.5, 0.6) is 5.75 Å². The summed E-state index contributed by atoms with van der Waals surface area (Å²) in [6.45, 7) is 14.8. The molecular weight excluding hydrogens is 707 g/mol. The molecule has 1 aliphatic heterocycles. The van der Waals surface area contributed by atoms with Crippen molar-refractivity contribution in [3.05, 3.63) is 138 Å². The Morgan fingerprint density at radius 2 is 1.43 bits per heavy atom. The van der Waals surface area contributed by atoms with Crippen LogP contribution in [0.2, 0.25) is 0 Å². The van der Waals surface area contributed by atoms with E-state index in [1.54, 1.807) is 13.2 Å². The molecule has 1 heterocycles. The minimum Gasteiger partial charge on any atom is -0.497 e. The quantitative estimate of drug-likeness (QED) is 0.0839. The monoisotopic (exact) mass is 761 g/mol. The van der Waals surface area contributed by atoms with Crippen LogP contribution in [0.15, 0.2) is 110 Å². The molecule has 5 atom stereocenters. The van der Waals surface area contributed by atoms with Gasteiger partial charge < -0.3 is 33.7 Å². The summed E-state index contributed by atoms with van der Waals surface area (Å²) >= 11 is 0. The van der Waals surface area contributed by atoms with E-state index in [1.165, 1.54) is 0 Å². The molecule has 4 aromatic carbocycles. The molecule has 2 unspecified atom stereocenters. The zero-order valence-corrected chi connectivity index (χ0v) is 33.4. The lowest BCUT2D eigenvalue weighted by molar-refractivity contribution is -0.164. The first-order chi connectivity index (χ1) is 27.0. The molecule has 4 aromatic rings. The molecule has 56 heavy (non-hydrogen) atoms. The van der Waals surface area contributed by atoms with Gasteiger partial charge in [-0.25, -0.2) is 9.59 Å². The van der Waals surface area contributed by atoms with E-state index < -0.39 is 42.2 Å². The lowest BCUT2D eigenvalue weighted by atomic mass is 9.89. The van der Waals surface area contributed by atoms with Gasteiger partial charge in [0.05, 0.1) is 26.4 Å². The molecule has 0 spiro atoms. The molecule has 1 fully saturated rings. The normalized spacial score (nSPS) is 18.7. The van der Waals surface area contributed by atoms with Crippen LogP contribution >= 0.6 is 0 Å². The number of nitrogens with one attached hydrogen (secondary N) is 1. The maximum atomic E-state index is 13.9. The SMILES string of the molecule is C=CCC(OC(=O)[C@H](CC(C)C)NC(=O)OCC1c2ccccc2-c2ccccc21)C(C)[C@H]1OC(C)(C)O[C@@H]1c1ccc(COCc2ccc(OC)cc2)cc1. The molecule has 1 N–H and O–H groups in total. The number of rotatable bonds is 17. The Kier molecular flexibility index (Phi) is 13.3. The van der Waals surface area contributed by atoms with Gasteiger partial charge in [0.25, 0.3) is 0 Å². The zero-order chi connectivity index (χ0) is 39.8. The fraction of sp³-hybridized carbons (Fsp3) is 0.404. The Morgan fingerprint density at radius 3 is 2.00 bits per heavy atom. The van der Waals surface area contributed by atoms with Crippen molar-refractivity contribution in [1.29, 1.82) is 0 Å². The molecule has 2 aliphatic rings. The number of hydrogen-bond acceptors (Lipinski definition) is 8. The topological polar surface area (TPSA) is 102 Å². The van der Waals surface area contributed by atoms with Gasteiger partial charge in [0, 0.05) is 18.3 Å². The molecule has 9 nitrogen and oxygen atoms in total. The molecule has 9 heteroatoms. The van der Waals surface area contributed by atoms with Gasteiger partial charge in [-0.1, -0.05) is 112 Å². The molecule has 1 saturated heterocycles. The van der Waals surface area contributed by atoms with E-state index in [-0.39, 0.29) is 24.4 Å². The smallest absolute Gasteiger partial charge is 0.407 e. The van der Waals surface area contributed by atoms with Crippen molar-refractivity contribution in [2.45, 2.75) is 96.7 Å². The van der Waals surface area contributed by atoms with E-state index >= 15 is 0 Å². The second-order valence-electron chi connectivity index (χ2n) is 15.6. The van der Waals surface area contributed by atoms with Crippen molar-refractivity contribution in [3.63, 3.8) is 0 Å². The van der Waals surface area contributed by atoms with Gasteiger partial charge in [-0.3, -0.25) is 0 Å². The van der Waals surface area contributed by atoms with E-state index in [4.69, 9.17) is 28.4 Å². The maximum Gasteiger partial charge on any atom is 0.407 e. The van der Waals surface area contributed by atoms with Crippen molar-refractivity contribution >= 4 is 12.1 Å². The lowest BCUT2D eigenvalue weighted by Gasteiger charge is -2.31. The number of benzene rings is 4. The fourth-order valence-corrected chi connectivity index (χ4v) is 7.69. The zero-order valence-electron chi connectivity index (χ0n) is 33.4. The molecule has 6 rings (SSSR count). The minimum absolute atomic E-state index is 0.0954. The van der Waals surface area contributed by atoms with Gasteiger partial charge in [0.1, 0.15) is 30.6 Å². The van der Waals surface area contributed by atoms with Crippen molar-refractivity contribution in [3.8, 4) is 16.9 Å². The second kappa shape index (κ2) is 18.3. The van der Waals surface area contributed by atoms with Crippen molar-refractivity contribution in [2.75, 3.05) is 13.7 Å². The van der Waals surface area contributed by atoms with Crippen LogP contribution in [0.25, 0.3) is 11.1 Å². The minimum atomic E-state index is -0.905. The van der Waals surface area contributed by atoms with Gasteiger partial charge in [0.2, 0.25) is 0 Å². The van der Waals surface area contributed by atoms with Crippen LogP contribution in [0, 0.1) is 11.8 Å². The van der Waals surface area contributed by atoms with E-state index in [9.17, 15) is 9.59 Å². The van der Waals surface area contributed by atoms with Crippen LogP contribution < -0.4 is 10.1 Å². The predicted molar refractivity (Wildman–Crippen MR) is 216 cm³/mol. The summed E-state index contributed by atoms with van der Waals surface area (Å²) in [6, 6.07) is 31.4. The van der Waals surface area contributed by atoms with Gasteiger partial charge in [0.15, 0.2) is 5.79 Å². The first-order valence-corrected chi connectivity index (χ1v) is 19.5. The van der Waals surface area contributed by atoms with Crippen LogP contribution in [0.4, 0.5) is 4.79 Å². The van der Waals surface area contributed by atoms with Crippen LogP contribution in [-0.2, 0) is 41.7 Å². The molecule has 0 radical (unpaired) electrons. The predicted octanol–water partition coefficient (Wildman–Crippen LogP) is 9.68. The van der Waals surface area contributed by atoms with E-state index in [0.29, 0.717) is 26.1 Å². The number of esters is 1. The van der Waals surface area contributed by atoms with Crippen molar-refractivity contribution < 1.29 is 38.0 Å². The number of alkyl carbamates (subject to hydrolysis) is 1. The number of fused-ring (bicyclic) bond motifs is 3. The summed E-state index contributed by atoms with van der Waals surface area (Å²) in [6.07, 6.45) is 0.420. The van der Waals surface area contributed by atoms with Crippen LogP contribution in [0.1, 0.15) is 87.3 Å². The Morgan fingerprint density at radius 1 is 0.839 bits per heavy atom. The van der Waals surface area contributed by atoms with Crippen LogP contribution in [0.3, 0.4) is 0 Å². The summed E-state index contributed by atoms with van der Waals surface area (Å²) in [5, 5.41) is 2.82. The van der Waals surface area contributed by atoms with Crippen molar-refractivity contribution in [2.24, 2.45) is 11.8 Å². The fourth-order valence-electron chi connectivity index (χ4n) is 7.69. The molecule has 296 valence electrons. The highest BCUT2D eigenvalue weighted by atomic mass is 16.8. The average molecular weight is 762 g/mol. The van der Waals surface area contributed by atoms with Crippen LogP contribution in [-0.4, -0.2) is 49.8 Å². The third-order valence-electron chi connectivity index (χ3n) is 10.5. The standard InChI is InChI=1S/C47H55NO8/c1-8-13-42(31(4)43-44(56-47(5,6)55-43)34-22-18-32(19-23-34)27-52-28-33-20-24-35(51-7)25-21-33)54-45(49)41(26-30(2)3)48-46(50)53-29-40-38-16-11-9-14-36(38)37-15-10-12-17-39(37)40/h8-12,14-25,30-31,40-44H,1,13,26-29H2,2-7H3,(H,48,50)/t31?,41-,42?,43+,44+/m0/s1. The van der Waals surface area contributed by atoms with Gasteiger partial charge >= 0.3 is 12.1 Å². The Balaban J connectivity index is 1.08. The molecular formula is C47H55NO8. The molecule has 1 amide bonds. The summed E-state index contributed by atoms with van der Waals surface area (Å²) in [5.41, 5.74) is 7.57. The van der Waals surface area contributed by atoms with E-state index in [0.717, 1.165) is 44.7 Å². The van der Waals surface area contributed by atoms with E-state index in [2.05, 4.69) is 36.2 Å². The van der Waals surface area contributed by atoms with Gasteiger partial charge in [-0.2, -0.15) is 0 Å².